The average molecular weight is 243 g/mol. The Labute approximate surface area is 107 Å². The molecule has 1 N–H and O–H groups in total. The molecule has 0 unspecified atom stereocenters. The van der Waals surface area contributed by atoms with Gasteiger partial charge < -0.3 is 9.73 Å². The predicted octanol–water partition coefficient (Wildman–Crippen LogP) is 3.71. The number of furan rings is 1. The Kier molecular flexibility index (Phi) is 3.51. The van der Waals surface area contributed by atoms with Crippen molar-refractivity contribution in [3.8, 4) is 0 Å². The summed E-state index contributed by atoms with van der Waals surface area (Å²) in [4.78, 5) is 12.1. The third-order valence-electron chi connectivity index (χ3n) is 2.88. The molecule has 0 radical (unpaired) electrons. The van der Waals surface area contributed by atoms with Gasteiger partial charge in [-0.05, 0) is 44.0 Å². The normalized spacial score (nSPS) is 10.4. The maximum Gasteiger partial charge on any atom is 0.259 e. The van der Waals surface area contributed by atoms with Crippen LogP contribution in [-0.2, 0) is 6.42 Å². The van der Waals surface area contributed by atoms with Crippen molar-refractivity contribution in [1.82, 2.24) is 0 Å². The van der Waals surface area contributed by atoms with Crippen LogP contribution in [-0.4, -0.2) is 5.91 Å². The van der Waals surface area contributed by atoms with Gasteiger partial charge in [-0.15, -0.1) is 0 Å². The van der Waals surface area contributed by atoms with Gasteiger partial charge in [0.1, 0.15) is 11.5 Å². The number of anilines is 1. The minimum atomic E-state index is -0.127. The highest BCUT2D eigenvalue weighted by molar-refractivity contribution is 6.05. The van der Waals surface area contributed by atoms with Crippen molar-refractivity contribution in [1.29, 1.82) is 0 Å². The van der Waals surface area contributed by atoms with Gasteiger partial charge in [-0.2, -0.15) is 0 Å². The number of nitrogens with one attached hydrogen (secondary N) is 1. The molecule has 0 atom stereocenters. The fraction of sp³-hybridized carbons (Fsp3) is 0.267. The minimum Gasteiger partial charge on any atom is -0.466 e. The van der Waals surface area contributed by atoms with Gasteiger partial charge in [0, 0.05) is 5.69 Å². The van der Waals surface area contributed by atoms with Gasteiger partial charge in [-0.1, -0.05) is 19.1 Å². The molecule has 0 saturated heterocycles. The van der Waals surface area contributed by atoms with Crippen molar-refractivity contribution in [3.05, 3.63) is 53.0 Å². The zero-order valence-corrected chi connectivity index (χ0v) is 10.9. The Morgan fingerprint density at radius 2 is 2.06 bits per heavy atom. The largest absolute Gasteiger partial charge is 0.466 e. The first-order valence-corrected chi connectivity index (χ1v) is 6.07. The number of carbonyl (C=O) groups is 1. The highest BCUT2D eigenvalue weighted by atomic mass is 16.3. The van der Waals surface area contributed by atoms with Crippen LogP contribution in [0.5, 0.6) is 0 Å². The van der Waals surface area contributed by atoms with Crippen molar-refractivity contribution in [2.75, 3.05) is 5.32 Å². The zero-order valence-electron chi connectivity index (χ0n) is 10.9. The topological polar surface area (TPSA) is 42.2 Å². The summed E-state index contributed by atoms with van der Waals surface area (Å²) in [5.41, 5.74) is 2.61. The van der Waals surface area contributed by atoms with Crippen molar-refractivity contribution >= 4 is 11.6 Å². The highest BCUT2D eigenvalue weighted by Gasteiger charge is 2.13. The number of aryl methyl sites for hydroxylation is 3. The Hall–Kier alpha value is -2.03. The van der Waals surface area contributed by atoms with Crippen molar-refractivity contribution in [2.45, 2.75) is 27.2 Å². The summed E-state index contributed by atoms with van der Waals surface area (Å²) in [6.45, 7) is 5.72. The van der Waals surface area contributed by atoms with Crippen LogP contribution in [0.15, 0.2) is 34.7 Å². The van der Waals surface area contributed by atoms with Gasteiger partial charge in [0.2, 0.25) is 0 Å². The molecule has 0 saturated carbocycles. The molecule has 18 heavy (non-hydrogen) atoms. The number of hydrogen-bond acceptors (Lipinski definition) is 2. The zero-order chi connectivity index (χ0) is 13.1. The standard InChI is InChI=1S/C15H17NO2/c1-4-12-6-5-7-13(9-12)16-15(17)14-8-10(2)18-11(14)3/h5-9H,4H2,1-3H3,(H,16,17). The van der Waals surface area contributed by atoms with E-state index < -0.39 is 0 Å². The molecule has 1 amide bonds. The van der Waals surface area contributed by atoms with E-state index in [0.29, 0.717) is 11.3 Å². The van der Waals surface area contributed by atoms with E-state index in [2.05, 4.69) is 12.2 Å². The van der Waals surface area contributed by atoms with E-state index in [1.54, 1.807) is 13.0 Å². The third-order valence-corrected chi connectivity index (χ3v) is 2.88. The van der Waals surface area contributed by atoms with Crippen molar-refractivity contribution in [2.24, 2.45) is 0 Å². The number of benzene rings is 1. The summed E-state index contributed by atoms with van der Waals surface area (Å²) >= 11 is 0. The van der Waals surface area contributed by atoms with Crippen molar-refractivity contribution < 1.29 is 9.21 Å². The van der Waals surface area contributed by atoms with Crippen LogP contribution in [0, 0.1) is 13.8 Å². The van der Waals surface area contributed by atoms with Gasteiger partial charge in [-0.3, -0.25) is 4.79 Å². The monoisotopic (exact) mass is 243 g/mol. The van der Waals surface area contributed by atoms with Crippen LogP contribution >= 0.6 is 0 Å². The molecule has 0 spiro atoms. The minimum absolute atomic E-state index is 0.127. The molecule has 1 heterocycles. The quantitative estimate of drug-likeness (QED) is 0.892. The predicted molar refractivity (Wildman–Crippen MR) is 72.0 cm³/mol. The molecule has 1 aromatic carbocycles. The molecule has 94 valence electrons. The van der Waals surface area contributed by atoms with Gasteiger partial charge in [0.25, 0.3) is 5.91 Å². The molecule has 3 nitrogen and oxygen atoms in total. The number of rotatable bonds is 3. The summed E-state index contributed by atoms with van der Waals surface area (Å²) in [7, 11) is 0. The number of amides is 1. The van der Waals surface area contributed by atoms with Gasteiger partial charge in [-0.25, -0.2) is 0 Å². The molecule has 0 fully saturated rings. The lowest BCUT2D eigenvalue weighted by Crippen LogP contribution is -2.12. The molecule has 0 aliphatic rings. The van der Waals surface area contributed by atoms with E-state index in [9.17, 15) is 4.79 Å². The Morgan fingerprint density at radius 3 is 2.67 bits per heavy atom. The average Bonchev–Trinajstić information content (AvgIpc) is 2.69. The van der Waals surface area contributed by atoms with Gasteiger partial charge in [0.05, 0.1) is 5.56 Å². The highest BCUT2D eigenvalue weighted by Crippen LogP contribution is 2.17. The molecule has 0 aliphatic heterocycles. The van der Waals surface area contributed by atoms with Crippen LogP contribution in [0.25, 0.3) is 0 Å². The lowest BCUT2D eigenvalue weighted by molar-refractivity contribution is 0.102. The molecule has 2 rings (SSSR count). The van der Waals surface area contributed by atoms with Crippen LogP contribution in [0.1, 0.15) is 34.4 Å². The van der Waals surface area contributed by atoms with Crippen LogP contribution in [0.3, 0.4) is 0 Å². The second kappa shape index (κ2) is 5.08. The summed E-state index contributed by atoms with van der Waals surface area (Å²) in [5, 5.41) is 2.89. The van der Waals surface area contributed by atoms with Crippen LogP contribution in [0.4, 0.5) is 5.69 Å². The van der Waals surface area contributed by atoms with E-state index in [-0.39, 0.29) is 5.91 Å². The SMILES string of the molecule is CCc1cccc(NC(=O)c2cc(C)oc2C)c1. The van der Waals surface area contributed by atoms with Crippen LogP contribution in [0.2, 0.25) is 0 Å². The first-order valence-electron chi connectivity index (χ1n) is 6.07. The summed E-state index contributed by atoms with van der Waals surface area (Å²) < 4.78 is 5.36. The van der Waals surface area contributed by atoms with E-state index in [1.807, 2.05) is 31.2 Å². The second-order valence-corrected chi connectivity index (χ2v) is 4.33. The molecular formula is C15H17NO2. The fourth-order valence-corrected chi connectivity index (χ4v) is 1.92. The third kappa shape index (κ3) is 2.62. The first-order chi connectivity index (χ1) is 8.60. The number of hydrogen-bond donors (Lipinski definition) is 1. The van der Waals surface area contributed by atoms with Crippen LogP contribution < -0.4 is 5.32 Å². The smallest absolute Gasteiger partial charge is 0.259 e. The van der Waals surface area contributed by atoms with E-state index in [0.717, 1.165) is 17.9 Å². The Morgan fingerprint density at radius 1 is 1.28 bits per heavy atom. The molecule has 0 bridgehead atoms. The Bertz CT molecular complexity index is 570. The lowest BCUT2D eigenvalue weighted by Gasteiger charge is -2.05. The van der Waals surface area contributed by atoms with Gasteiger partial charge in [0.15, 0.2) is 0 Å². The summed E-state index contributed by atoms with van der Waals surface area (Å²) in [6.07, 6.45) is 0.952. The molecule has 1 aromatic heterocycles. The molecular weight excluding hydrogens is 226 g/mol. The first kappa shape index (κ1) is 12.4. The van der Waals surface area contributed by atoms with Gasteiger partial charge >= 0.3 is 0 Å². The summed E-state index contributed by atoms with van der Waals surface area (Å²) in [5.74, 6) is 1.27. The maximum absolute atomic E-state index is 12.1. The summed E-state index contributed by atoms with van der Waals surface area (Å²) in [6, 6.07) is 9.62. The number of carbonyl (C=O) groups excluding carboxylic acids is 1. The van der Waals surface area contributed by atoms with E-state index >= 15 is 0 Å². The fourth-order valence-electron chi connectivity index (χ4n) is 1.92. The molecule has 0 aliphatic carbocycles. The maximum atomic E-state index is 12.1. The Balaban J connectivity index is 2.18. The second-order valence-electron chi connectivity index (χ2n) is 4.33. The van der Waals surface area contributed by atoms with E-state index in [4.69, 9.17) is 4.42 Å². The van der Waals surface area contributed by atoms with E-state index in [1.165, 1.54) is 5.56 Å². The lowest BCUT2D eigenvalue weighted by atomic mass is 10.1. The molecule has 3 heteroatoms. The van der Waals surface area contributed by atoms with Crippen molar-refractivity contribution in [3.63, 3.8) is 0 Å². The molecule has 2 aromatic rings.